The third kappa shape index (κ3) is 3.49. The number of ether oxygens (including phenoxy) is 1. The van der Waals surface area contributed by atoms with Gasteiger partial charge in [0.05, 0.1) is 12.2 Å². The van der Waals surface area contributed by atoms with Gasteiger partial charge < -0.3 is 14.6 Å². The normalized spacial score (nSPS) is 21.2. The number of alkyl halides is 3. The molecule has 11 heteroatoms. The fourth-order valence-electron chi connectivity index (χ4n) is 3.74. The Labute approximate surface area is 158 Å². The van der Waals surface area contributed by atoms with E-state index in [2.05, 4.69) is 4.98 Å². The van der Waals surface area contributed by atoms with Crippen LogP contribution in [0.1, 0.15) is 24.8 Å². The van der Waals surface area contributed by atoms with Crippen LogP contribution in [-0.2, 0) is 21.0 Å². The number of benzene rings is 1. The van der Waals surface area contributed by atoms with Gasteiger partial charge in [0, 0.05) is 36.3 Å². The molecule has 1 atom stereocenters. The highest BCUT2D eigenvalue weighted by Crippen LogP contribution is 2.40. The molecule has 0 bridgehead atoms. The average molecular weight is 420 g/mol. The van der Waals surface area contributed by atoms with Crippen LogP contribution in [-0.4, -0.2) is 43.1 Å². The highest BCUT2D eigenvalue weighted by Gasteiger charge is 2.50. The lowest BCUT2D eigenvalue weighted by Gasteiger charge is -2.45. The molecule has 2 heterocycles. The lowest BCUT2D eigenvalue weighted by molar-refractivity contribution is -0.136. The highest BCUT2D eigenvalue weighted by atomic mass is 32.2. The molecule has 3 rings (SSSR count). The summed E-state index contributed by atoms with van der Waals surface area (Å²) < 4.78 is 79.6. The van der Waals surface area contributed by atoms with Crippen molar-refractivity contribution in [1.29, 1.82) is 0 Å². The number of anilines is 1. The first-order valence-electron chi connectivity index (χ1n) is 8.47. The van der Waals surface area contributed by atoms with Crippen LogP contribution in [0.4, 0.5) is 18.9 Å². The fraction of sp³-hybridized carbons (Fsp3) is 0.471. The summed E-state index contributed by atoms with van der Waals surface area (Å²) in [5.74, 6) is 0. The minimum absolute atomic E-state index is 0.0234. The molecular formula is C17H19F3N2O5S. The van der Waals surface area contributed by atoms with Gasteiger partial charge in [-0.25, -0.2) is 0 Å². The van der Waals surface area contributed by atoms with E-state index in [-0.39, 0.29) is 36.2 Å². The minimum atomic E-state index is -4.76. The number of hydrogen-bond donors (Lipinski definition) is 2. The monoisotopic (exact) mass is 420 g/mol. The molecule has 1 aliphatic rings. The number of nitrogens with one attached hydrogen (secondary N) is 1. The minimum Gasteiger partial charge on any atom is -0.381 e. The molecule has 154 valence electrons. The number of rotatable bonds is 4. The van der Waals surface area contributed by atoms with E-state index in [1.165, 1.54) is 30.2 Å². The van der Waals surface area contributed by atoms with Gasteiger partial charge in [0.2, 0.25) is 5.56 Å². The van der Waals surface area contributed by atoms with E-state index in [0.29, 0.717) is 18.9 Å². The van der Waals surface area contributed by atoms with Crippen LogP contribution in [0.15, 0.2) is 29.1 Å². The lowest BCUT2D eigenvalue weighted by atomic mass is 9.99. The van der Waals surface area contributed by atoms with Gasteiger partial charge in [-0.2, -0.15) is 21.6 Å². The highest BCUT2D eigenvalue weighted by molar-refractivity contribution is 7.87. The third-order valence-corrected chi connectivity index (χ3v) is 6.49. The summed E-state index contributed by atoms with van der Waals surface area (Å²) in [5.41, 5.74) is -1.85. The Hall–Kier alpha value is -2.11. The van der Waals surface area contributed by atoms with Crippen molar-refractivity contribution >= 4 is 26.7 Å². The summed E-state index contributed by atoms with van der Waals surface area (Å²) in [6, 6.07) is 4.35. The van der Waals surface area contributed by atoms with Gasteiger partial charge in [-0.05, 0) is 37.5 Å². The van der Waals surface area contributed by atoms with Crippen molar-refractivity contribution < 1.29 is 30.9 Å². The van der Waals surface area contributed by atoms with Gasteiger partial charge in [0.15, 0.2) is 4.87 Å². The first kappa shape index (κ1) is 20.6. The summed E-state index contributed by atoms with van der Waals surface area (Å²) in [6.07, 6.45) is -3.60. The van der Waals surface area contributed by atoms with E-state index < -0.39 is 32.3 Å². The summed E-state index contributed by atoms with van der Waals surface area (Å²) in [6.45, 7) is -0.138. The van der Waals surface area contributed by atoms with Crippen molar-refractivity contribution in [3.8, 4) is 0 Å². The predicted molar refractivity (Wildman–Crippen MR) is 96.9 cm³/mol. The van der Waals surface area contributed by atoms with E-state index in [0.717, 1.165) is 0 Å². The Kier molecular flexibility index (Phi) is 5.19. The number of halogens is 3. The topological polar surface area (TPSA) is 99.7 Å². The third-order valence-electron chi connectivity index (χ3n) is 4.98. The van der Waals surface area contributed by atoms with Crippen molar-refractivity contribution in [2.75, 3.05) is 25.2 Å². The Balaban J connectivity index is 2.24. The van der Waals surface area contributed by atoms with E-state index in [9.17, 15) is 30.9 Å². The van der Waals surface area contributed by atoms with Crippen LogP contribution < -0.4 is 10.5 Å². The van der Waals surface area contributed by atoms with Gasteiger partial charge in [0.1, 0.15) is 0 Å². The number of piperidine rings is 1. The van der Waals surface area contributed by atoms with E-state index in [1.54, 1.807) is 0 Å². The number of aromatic nitrogens is 1. The van der Waals surface area contributed by atoms with Crippen LogP contribution in [0, 0.1) is 0 Å². The lowest BCUT2D eigenvalue weighted by Crippen LogP contribution is -2.60. The average Bonchev–Trinajstić information content (AvgIpc) is 2.59. The number of nitrogens with zero attached hydrogens (tertiary/aromatic N) is 1. The second-order valence-corrected chi connectivity index (χ2v) is 8.45. The second kappa shape index (κ2) is 7.05. The van der Waals surface area contributed by atoms with Crippen molar-refractivity contribution in [2.45, 2.75) is 30.3 Å². The van der Waals surface area contributed by atoms with Gasteiger partial charge in [-0.1, -0.05) is 0 Å². The van der Waals surface area contributed by atoms with Gasteiger partial charge in [-0.15, -0.1) is 0 Å². The zero-order chi connectivity index (χ0) is 20.7. The van der Waals surface area contributed by atoms with Crippen LogP contribution in [0.25, 0.3) is 10.9 Å². The predicted octanol–water partition coefficient (Wildman–Crippen LogP) is 2.77. The number of aromatic amines is 1. The maximum atomic E-state index is 13.4. The molecule has 0 amide bonds. The summed E-state index contributed by atoms with van der Waals surface area (Å²) >= 11 is 0. The number of pyridine rings is 1. The summed E-state index contributed by atoms with van der Waals surface area (Å²) in [7, 11) is -3.34. The standard InChI is InChI=1S/C17H19F3N2O5S/c1-27-10-16(28(24,25)26)6-2-3-7-22(16)11-4-5-14-12(8-11)13(17(18,19)20)9-15(23)21-14/h4-5,8-9H,2-3,6-7,10H2,1H3,(H,21,23)(H,24,25,26). The van der Waals surface area contributed by atoms with Gasteiger partial charge in [-0.3, -0.25) is 9.35 Å². The molecule has 0 aliphatic carbocycles. The molecule has 1 fully saturated rings. The zero-order valence-electron chi connectivity index (χ0n) is 14.9. The maximum Gasteiger partial charge on any atom is 0.417 e. The van der Waals surface area contributed by atoms with Crippen LogP contribution >= 0.6 is 0 Å². The Morgan fingerprint density at radius 3 is 2.61 bits per heavy atom. The van der Waals surface area contributed by atoms with Crippen LogP contribution in [0.2, 0.25) is 0 Å². The summed E-state index contributed by atoms with van der Waals surface area (Å²) in [4.78, 5) is 13.5. The van der Waals surface area contributed by atoms with Crippen molar-refractivity contribution in [3.63, 3.8) is 0 Å². The molecule has 0 saturated carbocycles. The van der Waals surface area contributed by atoms with Gasteiger partial charge >= 0.3 is 6.18 Å². The van der Waals surface area contributed by atoms with Crippen LogP contribution in [0.3, 0.4) is 0 Å². The van der Waals surface area contributed by atoms with Crippen LogP contribution in [0.5, 0.6) is 0 Å². The molecule has 1 saturated heterocycles. The first-order valence-corrected chi connectivity index (χ1v) is 9.91. The van der Waals surface area contributed by atoms with E-state index >= 15 is 0 Å². The molecule has 1 aromatic heterocycles. The Morgan fingerprint density at radius 1 is 1.29 bits per heavy atom. The molecule has 7 nitrogen and oxygen atoms in total. The molecule has 1 unspecified atom stereocenters. The first-order chi connectivity index (χ1) is 13.0. The smallest absolute Gasteiger partial charge is 0.381 e. The quantitative estimate of drug-likeness (QED) is 0.738. The molecule has 28 heavy (non-hydrogen) atoms. The van der Waals surface area contributed by atoms with E-state index in [4.69, 9.17) is 4.74 Å². The Morgan fingerprint density at radius 2 is 2.00 bits per heavy atom. The number of methoxy groups -OCH3 is 1. The molecule has 2 aromatic rings. The number of fused-ring (bicyclic) bond motifs is 1. The second-order valence-electron chi connectivity index (χ2n) is 6.74. The molecule has 1 aromatic carbocycles. The molecule has 2 N–H and O–H groups in total. The van der Waals surface area contributed by atoms with Crippen molar-refractivity contribution in [1.82, 2.24) is 4.98 Å². The summed E-state index contributed by atoms with van der Waals surface area (Å²) in [5, 5.41) is -0.267. The molecular weight excluding hydrogens is 401 g/mol. The van der Waals surface area contributed by atoms with Crippen molar-refractivity contribution in [2.24, 2.45) is 0 Å². The molecule has 0 radical (unpaired) electrons. The fourth-order valence-corrected chi connectivity index (χ4v) is 4.88. The van der Waals surface area contributed by atoms with Gasteiger partial charge in [0.25, 0.3) is 10.1 Å². The van der Waals surface area contributed by atoms with E-state index in [1.807, 2.05) is 0 Å². The SMILES string of the molecule is COCC1(S(=O)(=O)O)CCCCN1c1ccc2[nH]c(=O)cc(C(F)(F)F)c2c1. The maximum absolute atomic E-state index is 13.4. The number of hydrogen-bond acceptors (Lipinski definition) is 5. The molecule has 0 spiro atoms. The largest absolute Gasteiger partial charge is 0.417 e. The number of H-pyrrole nitrogens is 1. The molecule has 1 aliphatic heterocycles. The Bertz CT molecular complexity index is 1050. The zero-order valence-corrected chi connectivity index (χ0v) is 15.7. The van der Waals surface area contributed by atoms with Crippen molar-refractivity contribution in [3.05, 3.63) is 40.2 Å².